The zero-order valence-corrected chi connectivity index (χ0v) is 9.25. The van der Waals surface area contributed by atoms with Crippen molar-refractivity contribution >= 4 is 17.4 Å². The fourth-order valence-corrected chi connectivity index (χ4v) is 1.93. The summed E-state index contributed by atoms with van der Waals surface area (Å²) in [6, 6.07) is 5.72. The number of rotatable bonds is 3. The van der Waals surface area contributed by atoms with Crippen molar-refractivity contribution in [1.82, 2.24) is 4.98 Å². The normalized spacial score (nSPS) is 10.5. The van der Waals surface area contributed by atoms with Crippen LogP contribution in [0.15, 0.2) is 40.1 Å². The second-order valence-corrected chi connectivity index (χ2v) is 4.24. The highest BCUT2D eigenvalue weighted by atomic mass is 32.2. The molecule has 3 nitrogen and oxygen atoms in total. The summed E-state index contributed by atoms with van der Waals surface area (Å²) in [6.45, 7) is 1.95. The van der Waals surface area contributed by atoms with E-state index >= 15 is 0 Å². The van der Waals surface area contributed by atoms with Gasteiger partial charge in [-0.3, -0.25) is 0 Å². The van der Waals surface area contributed by atoms with Crippen molar-refractivity contribution in [2.75, 3.05) is 5.73 Å². The van der Waals surface area contributed by atoms with Crippen molar-refractivity contribution in [3.8, 4) is 0 Å². The minimum Gasteiger partial charge on any atom is -0.468 e. The molecule has 0 bridgehead atoms. The first-order valence-electron chi connectivity index (χ1n) is 4.63. The van der Waals surface area contributed by atoms with Crippen molar-refractivity contribution in [2.45, 2.75) is 17.7 Å². The Hall–Kier alpha value is -1.42. The molecular formula is C11H12N2OS. The number of aryl methyl sites for hydroxylation is 1. The lowest BCUT2D eigenvalue weighted by Crippen LogP contribution is -1.92. The van der Waals surface area contributed by atoms with E-state index in [1.165, 1.54) is 0 Å². The van der Waals surface area contributed by atoms with E-state index in [4.69, 9.17) is 10.2 Å². The third-order valence-electron chi connectivity index (χ3n) is 2.06. The molecule has 78 valence electrons. The summed E-state index contributed by atoms with van der Waals surface area (Å²) in [4.78, 5) is 4.28. The molecule has 0 aliphatic heterocycles. The zero-order chi connectivity index (χ0) is 10.7. The number of nitrogens with two attached hydrogens (primary N) is 1. The average molecular weight is 220 g/mol. The highest BCUT2D eigenvalue weighted by molar-refractivity contribution is 7.98. The fourth-order valence-electron chi connectivity index (χ4n) is 1.14. The van der Waals surface area contributed by atoms with Gasteiger partial charge in [0.25, 0.3) is 0 Å². The maximum Gasteiger partial charge on any atom is 0.114 e. The lowest BCUT2D eigenvalue weighted by Gasteiger charge is -2.02. The molecule has 0 spiro atoms. The van der Waals surface area contributed by atoms with Gasteiger partial charge in [-0.2, -0.15) is 0 Å². The van der Waals surface area contributed by atoms with E-state index in [1.54, 1.807) is 24.2 Å². The van der Waals surface area contributed by atoms with Gasteiger partial charge in [-0.1, -0.05) is 11.8 Å². The molecular weight excluding hydrogens is 208 g/mol. The Labute approximate surface area is 92.7 Å². The number of thioether (sulfide) groups is 1. The van der Waals surface area contributed by atoms with Gasteiger partial charge in [-0.05, 0) is 30.7 Å². The van der Waals surface area contributed by atoms with Crippen LogP contribution in [0.4, 0.5) is 5.69 Å². The number of nitrogen functional groups attached to an aromatic ring is 1. The number of aromatic nitrogens is 1. The maximum atomic E-state index is 5.79. The van der Waals surface area contributed by atoms with Gasteiger partial charge in [0.2, 0.25) is 0 Å². The number of furan rings is 1. The maximum absolute atomic E-state index is 5.79. The van der Waals surface area contributed by atoms with Gasteiger partial charge in [-0.15, -0.1) is 0 Å². The number of anilines is 1. The summed E-state index contributed by atoms with van der Waals surface area (Å²) in [5.74, 6) is 1.73. The number of hydrogen-bond donors (Lipinski definition) is 1. The molecule has 0 aliphatic carbocycles. The van der Waals surface area contributed by atoms with Crippen molar-refractivity contribution in [1.29, 1.82) is 0 Å². The standard InChI is InChI=1S/C11H12N2OS/c1-8-6-13-11(5-10(8)12)15-7-9-3-2-4-14-9/h2-6H,7H2,1H3,(H2,12,13). The smallest absolute Gasteiger partial charge is 0.114 e. The fraction of sp³-hybridized carbons (Fsp3) is 0.182. The Balaban J connectivity index is 2.02. The summed E-state index contributed by atoms with van der Waals surface area (Å²) in [6.07, 6.45) is 3.46. The number of pyridine rings is 1. The Bertz CT molecular complexity index is 440. The SMILES string of the molecule is Cc1cnc(SCc2ccco2)cc1N. The summed E-state index contributed by atoms with van der Waals surface area (Å²) >= 11 is 1.62. The predicted molar refractivity (Wildman–Crippen MR) is 61.7 cm³/mol. The van der Waals surface area contributed by atoms with Gasteiger partial charge in [0.15, 0.2) is 0 Å². The largest absolute Gasteiger partial charge is 0.468 e. The van der Waals surface area contributed by atoms with Crippen LogP contribution < -0.4 is 5.73 Å². The van der Waals surface area contributed by atoms with Gasteiger partial charge in [0, 0.05) is 11.9 Å². The van der Waals surface area contributed by atoms with Gasteiger partial charge < -0.3 is 10.2 Å². The van der Waals surface area contributed by atoms with Crippen molar-refractivity contribution in [3.63, 3.8) is 0 Å². The molecule has 0 aliphatic rings. The molecule has 2 aromatic heterocycles. The molecule has 2 rings (SSSR count). The quantitative estimate of drug-likeness (QED) is 0.808. The Morgan fingerprint density at radius 3 is 3.07 bits per heavy atom. The molecule has 0 aromatic carbocycles. The molecule has 0 unspecified atom stereocenters. The van der Waals surface area contributed by atoms with Gasteiger partial charge in [-0.25, -0.2) is 4.98 Å². The lowest BCUT2D eigenvalue weighted by atomic mass is 10.3. The van der Waals surface area contributed by atoms with E-state index in [-0.39, 0.29) is 0 Å². The molecule has 0 amide bonds. The van der Waals surface area contributed by atoms with Crippen LogP contribution >= 0.6 is 11.8 Å². The highest BCUT2D eigenvalue weighted by Crippen LogP contribution is 2.23. The van der Waals surface area contributed by atoms with E-state index in [0.29, 0.717) is 0 Å². The molecule has 0 fully saturated rings. The van der Waals surface area contributed by atoms with Crippen LogP contribution in [0.25, 0.3) is 0 Å². The van der Waals surface area contributed by atoms with E-state index in [2.05, 4.69) is 4.98 Å². The Morgan fingerprint density at radius 1 is 1.53 bits per heavy atom. The van der Waals surface area contributed by atoms with Crippen LogP contribution in [0.2, 0.25) is 0 Å². The highest BCUT2D eigenvalue weighted by Gasteiger charge is 2.01. The lowest BCUT2D eigenvalue weighted by molar-refractivity contribution is 0.530. The van der Waals surface area contributed by atoms with Crippen LogP contribution in [-0.4, -0.2) is 4.98 Å². The van der Waals surface area contributed by atoms with Gasteiger partial charge in [0.05, 0.1) is 17.0 Å². The minimum absolute atomic E-state index is 0.780. The van der Waals surface area contributed by atoms with E-state index in [1.807, 2.05) is 25.1 Å². The number of hydrogen-bond acceptors (Lipinski definition) is 4. The van der Waals surface area contributed by atoms with E-state index < -0.39 is 0 Å². The second kappa shape index (κ2) is 4.40. The molecule has 2 aromatic rings. The molecule has 2 heterocycles. The Morgan fingerprint density at radius 2 is 2.40 bits per heavy atom. The molecule has 4 heteroatoms. The van der Waals surface area contributed by atoms with Crippen LogP contribution in [0.5, 0.6) is 0 Å². The van der Waals surface area contributed by atoms with Crippen LogP contribution in [-0.2, 0) is 5.75 Å². The van der Waals surface area contributed by atoms with Crippen molar-refractivity contribution in [3.05, 3.63) is 42.0 Å². The van der Waals surface area contributed by atoms with E-state index in [0.717, 1.165) is 27.8 Å². The van der Waals surface area contributed by atoms with Crippen LogP contribution in [0.1, 0.15) is 11.3 Å². The van der Waals surface area contributed by atoms with Gasteiger partial charge >= 0.3 is 0 Å². The topological polar surface area (TPSA) is 52.0 Å². The monoisotopic (exact) mass is 220 g/mol. The first-order valence-corrected chi connectivity index (χ1v) is 5.61. The van der Waals surface area contributed by atoms with Crippen LogP contribution in [0.3, 0.4) is 0 Å². The predicted octanol–water partition coefficient (Wildman–Crippen LogP) is 2.86. The third kappa shape index (κ3) is 2.53. The number of nitrogens with zero attached hydrogens (tertiary/aromatic N) is 1. The first-order chi connectivity index (χ1) is 7.25. The third-order valence-corrected chi connectivity index (χ3v) is 3.01. The summed E-state index contributed by atoms with van der Waals surface area (Å²) in [5.41, 5.74) is 7.59. The zero-order valence-electron chi connectivity index (χ0n) is 8.43. The first kappa shape index (κ1) is 10.1. The molecule has 0 saturated heterocycles. The minimum atomic E-state index is 0.780. The average Bonchev–Trinajstić information content (AvgIpc) is 2.73. The molecule has 0 atom stereocenters. The molecule has 15 heavy (non-hydrogen) atoms. The van der Waals surface area contributed by atoms with Gasteiger partial charge in [0.1, 0.15) is 5.76 Å². The van der Waals surface area contributed by atoms with Crippen LogP contribution in [0, 0.1) is 6.92 Å². The van der Waals surface area contributed by atoms with Crippen molar-refractivity contribution < 1.29 is 4.42 Å². The Kier molecular flexibility index (Phi) is 2.97. The van der Waals surface area contributed by atoms with E-state index in [9.17, 15) is 0 Å². The molecule has 0 saturated carbocycles. The van der Waals surface area contributed by atoms with Crippen molar-refractivity contribution in [2.24, 2.45) is 0 Å². The summed E-state index contributed by atoms with van der Waals surface area (Å²) in [7, 11) is 0. The molecule has 0 radical (unpaired) electrons. The molecule has 2 N–H and O–H groups in total. The summed E-state index contributed by atoms with van der Waals surface area (Å²) < 4.78 is 5.23. The second-order valence-electron chi connectivity index (χ2n) is 3.25. The summed E-state index contributed by atoms with van der Waals surface area (Å²) in [5, 5.41) is 0.925.